The Bertz CT molecular complexity index is 987. The van der Waals surface area contributed by atoms with Crippen LogP contribution in [0.5, 0.6) is 0 Å². The standard InChI is InChI=1S/C30H48N4O5S/c1-7-11-31(6)26(36)23-24-27(37)34(22(20-35)19-21(3)4)25(30(24)10-9-29(23,5)40-30)28(38)33(12-8-2)14-13-32-15-17-39-18-16-32/h7-8,21-25,35H,1-2,9-20H2,3-6H3/t22-,23-,24+,25?,29+,30?/m1/s1. The van der Waals surface area contributed by atoms with Crippen molar-refractivity contribution in [1.29, 1.82) is 0 Å². The first-order chi connectivity index (χ1) is 19.0. The van der Waals surface area contributed by atoms with E-state index in [4.69, 9.17) is 4.74 Å². The number of hydrogen-bond acceptors (Lipinski definition) is 7. The molecule has 6 atom stereocenters. The zero-order chi connectivity index (χ0) is 29.2. The molecule has 4 aliphatic rings. The molecule has 4 heterocycles. The Balaban J connectivity index is 1.73. The van der Waals surface area contributed by atoms with E-state index in [1.165, 1.54) is 0 Å². The minimum atomic E-state index is -0.736. The number of morpholine rings is 1. The predicted molar refractivity (Wildman–Crippen MR) is 158 cm³/mol. The lowest BCUT2D eigenvalue weighted by molar-refractivity contribution is -0.147. The van der Waals surface area contributed by atoms with E-state index in [-0.39, 0.29) is 30.2 Å². The van der Waals surface area contributed by atoms with Crippen LogP contribution in [0.15, 0.2) is 25.3 Å². The number of rotatable bonds is 13. The number of nitrogens with zero attached hydrogens (tertiary/aromatic N) is 4. The highest BCUT2D eigenvalue weighted by molar-refractivity contribution is 8.02. The van der Waals surface area contributed by atoms with E-state index in [0.717, 1.165) is 19.5 Å². The number of aliphatic hydroxyl groups is 1. The van der Waals surface area contributed by atoms with Gasteiger partial charge >= 0.3 is 0 Å². The molecule has 0 saturated carbocycles. The largest absolute Gasteiger partial charge is 0.394 e. The van der Waals surface area contributed by atoms with Gasteiger partial charge in [-0.15, -0.1) is 24.9 Å². The topological polar surface area (TPSA) is 93.6 Å². The van der Waals surface area contributed by atoms with E-state index in [2.05, 4.69) is 38.8 Å². The summed E-state index contributed by atoms with van der Waals surface area (Å²) in [5.41, 5.74) is 0. The third kappa shape index (κ3) is 5.49. The van der Waals surface area contributed by atoms with E-state index in [0.29, 0.717) is 52.2 Å². The van der Waals surface area contributed by atoms with Crippen LogP contribution < -0.4 is 0 Å². The Morgan fingerprint density at radius 2 is 1.85 bits per heavy atom. The Morgan fingerprint density at radius 3 is 2.45 bits per heavy atom. The highest BCUT2D eigenvalue weighted by atomic mass is 32.2. The normalized spacial score (nSPS) is 32.3. The first-order valence-electron chi connectivity index (χ1n) is 14.7. The summed E-state index contributed by atoms with van der Waals surface area (Å²) < 4.78 is 4.35. The molecule has 0 aliphatic carbocycles. The van der Waals surface area contributed by atoms with E-state index in [1.807, 2.05) is 4.90 Å². The van der Waals surface area contributed by atoms with Crippen LogP contribution in [0.2, 0.25) is 0 Å². The summed E-state index contributed by atoms with van der Waals surface area (Å²) in [4.78, 5) is 50.5. The molecule has 0 aromatic carbocycles. The summed E-state index contributed by atoms with van der Waals surface area (Å²) in [6, 6.07) is -1.22. The fraction of sp³-hybridized carbons (Fsp3) is 0.767. The summed E-state index contributed by atoms with van der Waals surface area (Å²) in [6.07, 6.45) is 5.47. The van der Waals surface area contributed by atoms with Gasteiger partial charge in [0.1, 0.15) is 6.04 Å². The van der Waals surface area contributed by atoms with Crippen LogP contribution in [0, 0.1) is 17.8 Å². The van der Waals surface area contributed by atoms with Gasteiger partial charge in [0.05, 0.1) is 42.4 Å². The summed E-state index contributed by atoms with van der Waals surface area (Å²) >= 11 is 1.68. The lowest BCUT2D eigenvalue weighted by Gasteiger charge is -2.40. The second kappa shape index (κ2) is 12.5. The fourth-order valence-electron chi connectivity index (χ4n) is 7.46. The molecule has 1 N–H and O–H groups in total. The number of carbonyl (C=O) groups excluding carboxylic acids is 3. The SMILES string of the molecule is C=CCN(C)C(=O)[C@H]1[C@H]2C(=O)N([C@@H](CO)CC(C)C)C(C(=O)N(CC=C)CCN3CCOCC3)C23CC[C@]1(C)S3. The quantitative estimate of drug-likeness (QED) is 0.335. The van der Waals surface area contributed by atoms with Gasteiger partial charge in [0.25, 0.3) is 0 Å². The zero-order valence-corrected chi connectivity index (χ0v) is 25.5. The maximum Gasteiger partial charge on any atom is 0.247 e. The van der Waals surface area contributed by atoms with Gasteiger partial charge in [-0.2, -0.15) is 0 Å². The molecular weight excluding hydrogens is 528 g/mol. The summed E-state index contributed by atoms with van der Waals surface area (Å²) in [6.45, 7) is 18.7. The van der Waals surface area contributed by atoms with Crippen molar-refractivity contribution in [3.63, 3.8) is 0 Å². The number of hydrogen-bond donors (Lipinski definition) is 1. The number of thioether (sulfide) groups is 1. The monoisotopic (exact) mass is 576 g/mol. The van der Waals surface area contributed by atoms with E-state index in [1.54, 1.807) is 40.8 Å². The van der Waals surface area contributed by atoms with Crippen molar-refractivity contribution in [3.05, 3.63) is 25.3 Å². The molecule has 0 radical (unpaired) electrons. The number of aliphatic hydroxyl groups excluding tert-OH is 1. The van der Waals surface area contributed by atoms with Crippen molar-refractivity contribution in [1.82, 2.24) is 19.6 Å². The van der Waals surface area contributed by atoms with E-state index >= 15 is 0 Å². The number of fused-ring (bicyclic) bond motifs is 1. The van der Waals surface area contributed by atoms with Gasteiger partial charge in [-0.05, 0) is 32.1 Å². The van der Waals surface area contributed by atoms with Gasteiger partial charge in [-0.1, -0.05) is 26.0 Å². The molecular formula is C30H48N4O5S. The number of likely N-dealkylation sites (N-methyl/N-ethyl adjacent to an activating group) is 1. The van der Waals surface area contributed by atoms with Crippen LogP contribution in [0.1, 0.15) is 40.0 Å². The van der Waals surface area contributed by atoms with Gasteiger partial charge in [-0.25, -0.2) is 0 Å². The Kier molecular flexibility index (Phi) is 9.75. The fourth-order valence-corrected chi connectivity index (χ4v) is 9.79. The van der Waals surface area contributed by atoms with Crippen molar-refractivity contribution < 1.29 is 24.2 Å². The maximum atomic E-state index is 14.7. The molecule has 1 spiro atoms. The smallest absolute Gasteiger partial charge is 0.247 e. The molecule has 4 fully saturated rings. The molecule has 40 heavy (non-hydrogen) atoms. The van der Waals surface area contributed by atoms with Crippen LogP contribution in [-0.4, -0.2) is 130 Å². The van der Waals surface area contributed by atoms with Crippen LogP contribution >= 0.6 is 11.8 Å². The molecule has 0 aromatic rings. The van der Waals surface area contributed by atoms with Gasteiger partial charge in [0, 0.05) is 51.1 Å². The molecule has 224 valence electrons. The molecule has 9 nitrogen and oxygen atoms in total. The lowest BCUT2D eigenvalue weighted by Crippen LogP contribution is -2.58. The summed E-state index contributed by atoms with van der Waals surface area (Å²) in [7, 11) is 1.75. The van der Waals surface area contributed by atoms with Gasteiger partial charge in [0.2, 0.25) is 17.7 Å². The third-order valence-electron chi connectivity index (χ3n) is 9.29. The highest BCUT2D eigenvalue weighted by Gasteiger charge is 2.78. The van der Waals surface area contributed by atoms with Gasteiger partial charge < -0.3 is 24.5 Å². The molecule has 2 unspecified atom stereocenters. The number of ether oxygens (including phenoxy) is 1. The average molecular weight is 577 g/mol. The number of amides is 3. The first kappa shape index (κ1) is 31.1. The molecule has 4 saturated heterocycles. The molecule has 3 amide bonds. The van der Waals surface area contributed by atoms with Crippen molar-refractivity contribution >= 4 is 29.5 Å². The van der Waals surface area contributed by atoms with Crippen molar-refractivity contribution in [2.24, 2.45) is 17.8 Å². The number of likely N-dealkylation sites (tertiary alicyclic amines) is 1. The minimum Gasteiger partial charge on any atom is -0.394 e. The Morgan fingerprint density at radius 1 is 1.18 bits per heavy atom. The van der Waals surface area contributed by atoms with Gasteiger partial charge in [-0.3, -0.25) is 19.3 Å². The molecule has 4 aliphatic heterocycles. The van der Waals surface area contributed by atoms with Crippen molar-refractivity contribution in [2.45, 2.75) is 61.6 Å². The third-order valence-corrected chi connectivity index (χ3v) is 11.3. The predicted octanol–water partition coefficient (Wildman–Crippen LogP) is 1.87. The van der Waals surface area contributed by atoms with Gasteiger partial charge in [0.15, 0.2) is 0 Å². The molecule has 4 rings (SSSR count). The Labute approximate surface area is 243 Å². The molecule has 2 bridgehead atoms. The van der Waals surface area contributed by atoms with Crippen molar-refractivity contribution in [3.8, 4) is 0 Å². The zero-order valence-electron chi connectivity index (χ0n) is 24.7. The Hall–Kier alpha value is -1.88. The second-order valence-electron chi connectivity index (χ2n) is 12.5. The lowest BCUT2D eigenvalue weighted by atomic mass is 9.66. The molecule has 10 heteroatoms. The second-order valence-corrected chi connectivity index (χ2v) is 14.4. The molecule has 0 aromatic heterocycles. The highest BCUT2D eigenvalue weighted by Crippen LogP contribution is 2.72. The number of carbonyl (C=O) groups is 3. The van der Waals surface area contributed by atoms with E-state index < -0.39 is 33.4 Å². The average Bonchev–Trinajstić information content (AvgIpc) is 3.50. The summed E-state index contributed by atoms with van der Waals surface area (Å²) in [5, 5.41) is 10.5. The van der Waals surface area contributed by atoms with Crippen LogP contribution in [0.4, 0.5) is 0 Å². The first-order valence-corrected chi connectivity index (χ1v) is 15.5. The van der Waals surface area contributed by atoms with Crippen LogP contribution in [-0.2, 0) is 19.1 Å². The maximum absolute atomic E-state index is 14.7. The minimum absolute atomic E-state index is 0.0671. The van der Waals surface area contributed by atoms with E-state index in [9.17, 15) is 19.5 Å². The van der Waals surface area contributed by atoms with Crippen molar-refractivity contribution in [2.75, 3.05) is 66.1 Å². The van der Waals surface area contributed by atoms with Crippen LogP contribution in [0.3, 0.4) is 0 Å². The van der Waals surface area contributed by atoms with Crippen LogP contribution in [0.25, 0.3) is 0 Å². The summed E-state index contributed by atoms with van der Waals surface area (Å²) in [5.74, 6) is -1.23.